The Hall–Kier alpha value is -0.850. The SMILES string of the molecule is CNCc1cc(S(=O)(=O)NC(C)C(C)C)c[nH]1. The van der Waals surface area contributed by atoms with E-state index in [9.17, 15) is 8.42 Å². The van der Waals surface area contributed by atoms with Crippen molar-refractivity contribution in [3.8, 4) is 0 Å². The molecular weight excluding hydrogens is 238 g/mol. The van der Waals surface area contributed by atoms with E-state index >= 15 is 0 Å². The molecule has 0 aliphatic heterocycles. The molecule has 0 aliphatic rings. The molecule has 0 amide bonds. The molecule has 0 bridgehead atoms. The van der Waals surface area contributed by atoms with Gasteiger partial charge >= 0.3 is 0 Å². The highest BCUT2D eigenvalue weighted by Gasteiger charge is 2.20. The van der Waals surface area contributed by atoms with Gasteiger partial charge in [-0.25, -0.2) is 13.1 Å². The number of hydrogen-bond acceptors (Lipinski definition) is 3. The molecule has 0 saturated heterocycles. The lowest BCUT2D eigenvalue weighted by Crippen LogP contribution is -2.35. The Morgan fingerprint density at radius 1 is 1.35 bits per heavy atom. The molecule has 17 heavy (non-hydrogen) atoms. The van der Waals surface area contributed by atoms with Crippen LogP contribution in [0.1, 0.15) is 26.5 Å². The van der Waals surface area contributed by atoms with Crippen LogP contribution >= 0.6 is 0 Å². The van der Waals surface area contributed by atoms with Crippen LogP contribution < -0.4 is 10.0 Å². The fourth-order valence-electron chi connectivity index (χ4n) is 1.32. The van der Waals surface area contributed by atoms with E-state index in [4.69, 9.17) is 0 Å². The van der Waals surface area contributed by atoms with Crippen LogP contribution in [0.2, 0.25) is 0 Å². The third-order valence-corrected chi connectivity index (χ3v) is 4.27. The van der Waals surface area contributed by atoms with Crippen molar-refractivity contribution in [3.05, 3.63) is 18.0 Å². The molecular formula is C11H21N3O2S. The summed E-state index contributed by atoms with van der Waals surface area (Å²) < 4.78 is 26.7. The highest BCUT2D eigenvalue weighted by molar-refractivity contribution is 7.89. The maximum atomic E-state index is 12.0. The molecule has 1 rings (SSSR count). The van der Waals surface area contributed by atoms with Gasteiger partial charge in [0.2, 0.25) is 10.0 Å². The average molecular weight is 259 g/mol. The average Bonchev–Trinajstić information content (AvgIpc) is 2.66. The van der Waals surface area contributed by atoms with Crippen molar-refractivity contribution in [2.45, 2.75) is 38.3 Å². The van der Waals surface area contributed by atoms with E-state index in [1.807, 2.05) is 27.8 Å². The molecule has 5 nitrogen and oxygen atoms in total. The van der Waals surface area contributed by atoms with Crippen LogP contribution in [-0.4, -0.2) is 26.5 Å². The van der Waals surface area contributed by atoms with Crippen molar-refractivity contribution in [2.75, 3.05) is 7.05 Å². The molecule has 0 aromatic carbocycles. The van der Waals surface area contributed by atoms with Crippen LogP contribution in [0.3, 0.4) is 0 Å². The Balaban J connectivity index is 2.82. The number of H-pyrrole nitrogens is 1. The summed E-state index contributed by atoms with van der Waals surface area (Å²) in [6.45, 7) is 6.45. The minimum absolute atomic E-state index is 0.0809. The molecule has 0 saturated carbocycles. The Labute approximate surface area is 103 Å². The van der Waals surface area contributed by atoms with Gasteiger partial charge < -0.3 is 10.3 Å². The molecule has 1 heterocycles. The highest BCUT2D eigenvalue weighted by atomic mass is 32.2. The summed E-state index contributed by atoms with van der Waals surface area (Å²) in [7, 11) is -1.60. The number of nitrogens with one attached hydrogen (secondary N) is 3. The quantitative estimate of drug-likeness (QED) is 0.715. The van der Waals surface area contributed by atoms with Crippen molar-refractivity contribution < 1.29 is 8.42 Å². The smallest absolute Gasteiger partial charge is 0.242 e. The first-order chi connectivity index (χ1) is 7.86. The summed E-state index contributed by atoms with van der Waals surface area (Å²) in [6, 6.07) is 1.56. The van der Waals surface area contributed by atoms with Crippen LogP contribution in [0.4, 0.5) is 0 Å². The lowest BCUT2D eigenvalue weighted by Gasteiger charge is -2.16. The minimum atomic E-state index is -3.41. The van der Waals surface area contributed by atoms with Crippen molar-refractivity contribution in [1.29, 1.82) is 0 Å². The fraction of sp³-hybridized carbons (Fsp3) is 0.636. The van der Waals surface area contributed by atoms with Gasteiger partial charge in [0, 0.05) is 24.5 Å². The van der Waals surface area contributed by atoms with Crippen LogP contribution in [0.15, 0.2) is 17.2 Å². The van der Waals surface area contributed by atoms with Gasteiger partial charge in [-0.2, -0.15) is 0 Å². The summed E-state index contributed by atoms with van der Waals surface area (Å²) in [6.07, 6.45) is 1.52. The van der Waals surface area contributed by atoms with E-state index in [0.29, 0.717) is 6.54 Å². The normalized spacial score (nSPS) is 14.2. The standard InChI is InChI=1S/C11H21N3O2S/c1-8(2)9(3)14-17(15,16)11-5-10(6-12-4)13-7-11/h5,7-9,12-14H,6H2,1-4H3. The third-order valence-electron chi connectivity index (χ3n) is 2.73. The number of hydrogen-bond donors (Lipinski definition) is 3. The van der Waals surface area contributed by atoms with Gasteiger partial charge in [0.05, 0.1) is 4.90 Å². The van der Waals surface area contributed by atoms with Gasteiger partial charge in [-0.05, 0) is 26.0 Å². The number of rotatable bonds is 6. The molecule has 0 fully saturated rings. The largest absolute Gasteiger partial charge is 0.363 e. The van der Waals surface area contributed by atoms with Crippen LogP contribution in [-0.2, 0) is 16.6 Å². The number of sulfonamides is 1. The maximum Gasteiger partial charge on any atom is 0.242 e. The summed E-state index contributed by atoms with van der Waals surface area (Å²) in [5.41, 5.74) is 0.852. The molecule has 0 spiro atoms. The molecule has 98 valence electrons. The lowest BCUT2D eigenvalue weighted by molar-refractivity contribution is 0.476. The first-order valence-corrected chi connectivity index (χ1v) is 7.19. The first kappa shape index (κ1) is 14.2. The monoisotopic (exact) mass is 259 g/mol. The maximum absolute atomic E-state index is 12.0. The summed E-state index contributed by atoms with van der Waals surface area (Å²) in [4.78, 5) is 3.22. The minimum Gasteiger partial charge on any atom is -0.363 e. The van der Waals surface area contributed by atoms with Crippen LogP contribution in [0.25, 0.3) is 0 Å². The second-order valence-corrected chi connectivity index (χ2v) is 6.26. The van der Waals surface area contributed by atoms with E-state index in [-0.39, 0.29) is 16.9 Å². The molecule has 0 radical (unpaired) electrons. The van der Waals surface area contributed by atoms with E-state index in [1.165, 1.54) is 6.20 Å². The predicted molar refractivity (Wildman–Crippen MR) is 68.2 cm³/mol. The number of aromatic nitrogens is 1. The molecule has 6 heteroatoms. The summed E-state index contributed by atoms with van der Waals surface area (Å²) >= 11 is 0. The zero-order valence-corrected chi connectivity index (χ0v) is 11.6. The zero-order chi connectivity index (χ0) is 13.1. The van der Waals surface area contributed by atoms with E-state index in [0.717, 1.165) is 5.69 Å². The molecule has 0 aliphatic carbocycles. The van der Waals surface area contributed by atoms with Crippen molar-refractivity contribution in [2.24, 2.45) is 5.92 Å². The van der Waals surface area contributed by atoms with Crippen molar-refractivity contribution in [3.63, 3.8) is 0 Å². The Bertz CT molecular complexity index is 451. The van der Waals surface area contributed by atoms with Gasteiger partial charge in [-0.15, -0.1) is 0 Å². The van der Waals surface area contributed by atoms with Gasteiger partial charge in [0.15, 0.2) is 0 Å². The molecule has 1 aromatic rings. The fourth-order valence-corrected chi connectivity index (χ4v) is 2.72. The summed E-state index contributed by atoms with van der Waals surface area (Å²) in [5, 5.41) is 2.96. The van der Waals surface area contributed by atoms with Crippen LogP contribution in [0.5, 0.6) is 0 Å². The van der Waals surface area contributed by atoms with Gasteiger partial charge in [0.1, 0.15) is 0 Å². The Morgan fingerprint density at radius 2 is 2.00 bits per heavy atom. The Kier molecular flexibility index (Phi) is 4.73. The van der Waals surface area contributed by atoms with E-state index < -0.39 is 10.0 Å². The molecule has 1 atom stereocenters. The molecule has 1 unspecified atom stereocenters. The summed E-state index contributed by atoms with van der Waals surface area (Å²) in [5.74, 6) is 0.264. The van der Waals surface area contributed by atoms with Gasteiger partial charge in [0.25, 0.3) is 0 Å². The topological polar surface area (TPSA) is 74.0 Å². The lowest BCUT2D eigenvalue weighted by atomic mass is 10.1. The van der Waals surface area contributed by atoms with Gasteiger partial charge in [-0.1, -0.05) is 13.8 Å². The molecule has 1 aromatic heterocycles. The molecule has 3 N–H and O–H groups in total. The van der Waals surface area contributed by atoms with E-state index in [1.54, 1.807) is 6.07 Å². The third kappa shape index (κ3) is 3.83. The predicted octanol–water partition coefficient (Wildman–Crippen LogP) is 1.06. The van der Waals surface area contributed by atoms with E-state index in [2.05, 4.69) is 15.0 Å². The second-order valence-electron chi connectivity index (χ2n) is 4.54. The van der Waals surface area contributed by atoms with Gasteiger partial charge in [-0.3, -0.25) is 0 Å². The number of aromatic amines is 1. The Morgan fingerprint density at radius 3 is 2.53 bits per heavy atom. The first-order valence-electron chi connectivity index (χ1n) is 5.71. The van der Waals surface area contributed by atoms with Crippen molar-refractivity contribution >= 4 is 10.0 Å². The second kappa shape index (κ2) is 5.66. The highest BCUT2D eigenvalue weighted by Crippen LogP contribution is 2.12. The zero-order valence-electron chi connectivity index (χ0n) is 10.7. The van der Waals surface area contributed by atoms with Crippen molar-refractivity contribution in [1.82, 2.24) is 15.0 Å². The van der Waals surface area contributed by atoms with Crippen LogP contribution in [0, 0.1) is 5.92 Å².